The Bertz CT molecular complexity index is 924. The molecule has 0 N–H and O–H groups in total. The molecule has 0 aliphatic carbocycles. The Kier molecular flexibility index (Phi) is 2.45. The molecule has 0 amide bonds. The minimum Gasteiger partial charge on any atom is -0.497 e. The van der Waals surface area contributed by atoms with E-state index in [1.54, 1.807) is 19.2 Å². The molecule has 4 rings (SSSR count). The van der Waals surface area contributed by atoms with Gasteiger partial charge in [-0.2, -0.15) is 0 Å². The van der Waals surface area contributed by atoms with Crippen LogP contribution in [0.15, 0.2) is 36.4 Å². The highest BCUT2D eigenvalue weighted by Gasteiger charge is 2.31. The van der Waals surface area contributed by atoms with Crippen LogP contribution in [0.1, 0.15) is 21.6 Å². The number of halogens is 1. The number of ketones is 1. The number of fused-ring (bicyclic) bond motifs is 5. The summed E-state index contributed by atoms with van der Waals surface area (Å²) in [5, 5.41) is 1.68. The molecule has 3 aromatic rings. The van der Waals surface area contributed by atoms with E-state index in [-0.39, 0.29) is 5.78 Å². The molecule has 2 heterocycles. The summed E-state index contributed by atoms with van der Waals surface area (Å²) in [5.74, 6) is 0.820. The molecule has 3 nitrogen and oxygen atoms in total. The second-order valence-corrected chi connectivity index (χ2v) is 5.62. The largest absolute Gasteiger partial charge is 0.497 e. The van der Waals surface area contributed by atoms with Crippen molar-refractivity contribution in [1.29, 1.82) is 0 Å². The molecule has 21 heavy (non-hydrogen) atoms. The zero-order chi connectivity index (χ0) is 14.7. The highest BCUT2D eigenvalue weighted by atomic mass is 35.5. The van der Waals surface area contributed by atoms with Crippen molar-refractivity contribution in [3.8, 4) is 11.4 Å². The molecular formula is C17H12ClNO2. The topological polar surface area (TPSA) is 31.2 Å². The lowest BCUT2D eigenvalue weighted by atomic mass is 10.1. The molecule has 1 aromatic heterocycles. The lowest BCUT2D eigenvalue weighted by Gasteiger charge is -2.06. The Morgan fingerprint density at radius 3 is 2.71 bits per heavy atom. The average Bonchev–Trinajstić information content (AvgIpc) is 2.94. The van der Waals surface area contributed by atoms with Gasteiger partial charge in [0, 0.05) is 22.0 Å². The molecule has 0 spiro atoms. The molecule has 1 aliphatic rings. The minimum absolute atomic E-state index is 0.0503. The quantitative estimate of drug-likeness (QED) is 0.528. The molecule has 0 radical (unpaired) electrons. The number of carbonyl (C=O) groups excluding carboxylic acids is 1. The van der Waals surface area contributed by atoms with Crippen molar-refractivity contribution in [2.24, 2.45) is 0 Å². The van der Waals surface area contributed by atoms with Crippen molar-refractivity contribution < 1.29 is 9.53 Å². The maximum Gasteiger partial charge on any atom is 0.212 e. The Labute approximate surface area is 126 Å². The third-order valence-electron chi connectivity index (χ3n) is 4.09. The van der Waals surface area contributed by atoms with Gasteiger partial charge in [-0.05, 0) is 42.8 Å². The Morgan fingerprint density at radius 2 is 1.95 bits per heavy atom. The number of ether oxygens (including phenoxy) is 1. The third kappa shape index (κ3) is 1.52. The number of rotatable bonds is 1. The average molecular weight is 298 g/mol. The second kappa shape index (κ2) is 4.12. The Morgan fingerprint density at radius 1 is 1.14 bits per heavy atom. The summed E-state index contributed by atoms with van der Waals surface area (Å²) in [6.45, 7) is 1.98. The molecular weight excluding hydrogens is 286 g/mol. The summed E-state index contributed by atoms with van der Waals surface area (Å²) >= 11 is 6.10. The molecule has 0 atom stereocenters. The van der Waals surface area contributed by atoms with E-state index in [1.165, 1.54) is 0 Å². The van der Waals surface area contributed by atoms with Gasteiger partial charge < -0.3 is 9.30 Å². The minimum atomic E-state index is 0.0503. The van der Waals surface area contributed by atoms with Crippen LogP contribution in [-0.4, -0.2) is 17.5 Å². The van der Waals surface area contributed by atoms with Crippen molar-refractivity contribution in [2.45, 2.75) is 6.92 Å². The normalized spacial score (nSPS) is 12.6. The number of methoxy groups -OCH3 is 1. The summed E-state index contributed by atoms with van der Waals surface area (Å²) in [5.41, 5.74) is 4.22. The van der Waals surface area contributed by atoms with Gasteiger partial charge in [-0.15, -0.1) is 0 Å². The summed E-state index contributed by atoms with van der Waals surface area (Å²) in [4.78, 5) is 12.6. The van der Waals surface area contributed by atoms with Crippen LogP contribution in [0.3, 0.4) is 0 Å². The van der Waals surface area contributed by atoms with E-state index in [1.807, 2.05) is 35.8 Å². The number of aromatic nitrogens is 1. The zero-order valence-electron chi connectivity index (χ0n) is 11.6. The molecule has 0 saturated carbocycles. The standard InChI is InChI=1S/C17H12ClNO2/c1-9-12-6-4-11(21-2)8-15(12)19-14-7-10(18)3-5-13(14)17(20)16(9)19/h3-8H,1-2H3. The number of benzene rings is 2. The van der Waals surface area contributed by atoms with Crippen molar-refractivity contribution >= 4 is 28.3 Å². The van der Waals surface area contributed by atoms with E-state index in [4.69, 9.17) is 16.3 Å². The molecule has 0 fully saturated rings. The zero-order valence-corrected chi connectivity index (χ0v) is 12.4. The number of nitrogens with zero attached hydrogens (tertiary/aromatic N) is 1. The first-order chi connectivity index (χ1) is 10.1. The number of aryl methyl sites for hydroxylation is 1. The fourth-order valence-corrected chi connectivity index (χ4v) is 3.25. The summed E-state index contributed by atoms with van der Waals surface area (Å²) in [7, 11) is 1.64. The Hall–Kier alpha value is -2.26. The molecule has 0 saturated heterocycles. The first-order valence-corrected chi connectivity index (χ1v) is 7.03. The van der Waals surface area contributed by atoms with Gasteiger partial charge in [0.05, 0.1) is 24.0 Å². The van der Waals surface area contributed by atoms with Gasteiger partial charge >= 0.3 is 0 Å². The van der Waals surface area contributed by atoms with Crippen LogP contribution < -0.4 is 4.74 Å². The number of carbonyl (C=O) groups is 1. The molecule has 0 unspecified atom stereocenters. The number of hydrogen-bond donors (Lipinski definition) is 0. The molecule has 104 valence electrons. The van der Waals surface area contributed by atoms with Gasteiger partial charge in [-0.25, -0.2) is 0 Å². The SMILES string of the molecule is COc1ccc2c(C)c3n(c2c1)-c1cc(Cl)ccc1C3=O. The van der Waals surface area contributed by atoms with Crippen molar-refractivity contribution in [2.75, 3.05) is 7.11 Å². The van der Waals surface area contributed by atoms with Crippen molar-refractivity contribution in [3.63, 3.8) is 0 Å². The lowest BCUT2D eigenvalue weighted by molar-refractivity contribution is 0.104. The predicted molar refractivity (Wildman–Crippen MR) is 83.0 cm³/mol. The van der Waals surface area contributed by atoms with E-state index in [2.05, 4.69) is 0 Å². The van der Waals surface area contributed by atoms with Gasteiger partial charge in [0.25, 0.3) is 0 Å². The highest BCUT2D eigenvalue weighted by Crippen LogP contribution is 2.39. The fraction of sp³-hybridized carbons (Fsp3) is 0.118. The van der Waals surface area contributed by atoms with Gasteiger partial charge in [0.1, 0.15) is 5.75 Å². The maximum absolute atomic E-state index is 12.6. The monoisotopic (exact) mass is 297 g/mol. The van der Waals surface area contributed by atoms with Crippen LogP contribution in [0, 0.1) is 6.92 Å². The van der Waals surface area contributed by atoms with Crippen LogP contribution in [0.4, 0.5) is 0 Å². The fourth-order valence-electron chi connectivity index (χ4n) is 3.09. The van der Waals surface area contributed by atoms with Gasteiger partial charge in [0.2, 0.25) is 5.78 Å². The predicted octanol–water partition coefficient (Wildman–Crippen LogP) is 4.15. The third-order valence-corrected chi connectivity index (χ3v) is 4.32. The van der Waals surface area contributed by atoms with Crippen molar-refractivity contribution in [3.05, 3.63) is 58.2 Å². The molecule has 0 bridgehead atoms. The highest BCUT2D eigenvalue weighted by molar-refractivity contribution is 6.31. The lowest BCUT2D eigenvalue weighted by Crippen LogP contribution is -1.97. The van der Waals surface area contributed by atoms with Gasteiger partial charge in [0.15, 0.2) is 0 Å². The molecule has 2 aromatic carbocycles. The first kappa shape index (κ1) is 12.5. The van der Waals surface area contributed by atoms with Gasteiger partial charge in [-0.1, -0.05) is 11.6 Å². The van der Waals surface area contributed by atoms with Gasteiger partial charge in [-0.3, -0.25) is 4.79 Å². The van der Waals surface area contributed by atoms with E-state index >= 15 is 0 Å². The summed E-state index contributed by atoms with van der Waals surface area (Å²) in [6, 6.07) is 11.2. The Balaban J connectivity index is 2.17. The van der Waals surface area contributed by atoms with Crippen LogP contribution in [0.2, 0.25) is 5.02 Å². The van der Waals surface area contributed by atoms with Crippen molar-refractivity contribution in [1.82, 2.24) is 4.57 Å². The smallest absolute Gasteiger partial charge is 0.212 e. The van der Waals surface area contributed by atoms with E-state index in [9.17, 15) is 4.79 Å². The summed E-state index contributed by atoms with van der Waals surface area (Å²) in [6.07, 6.45) is 0. The van der Waals surface area contributed by atoms with E-state index in [0.29, 0.717) is 10.6 Å². The van der Waals surface area contributed by atoms with Crippen LogP contribution in [-0.2, 0) is 0 Å². The number of hydrogen-bond acceptors (Lipinski definition) is 2. The molecule has 4 heteroatoms. The van der Waals surface area contributed by atoms with E-state index in [0.717, 1.165) is 33.6 Å². The van der Waals surface area contributed by atoms with Crippen LogP contribution in [0.25, 0.3) is 16.6 Å². The summed E-state index contributed by atoms with van der Waals surface area (Å²) < 4.78 is 7.29. The first-order valence-electron chi connectivity index (χ1n) is 6.65. The van der Waals surface area contributed by atoms with Crippen LogP contribution in [0.5, 0.6) is 5.75 Å². The maximum atomic E-state index is 12.6. The second-order valence-electron chi connectivity index (χ2n) is 5.18. The van der Waals surface area contributed by atoms with Crippen LogP contribution >= 0.6 is 11.6 Å². The molecule has 1 aliphatic heterocycles. The van der Waals surface area contributed by atoms with E-state index < -0.39 is 0 Å².